The lowest BCUT2D eigenvalue weighted by atomic mass is 9.64. The van der Waals surface area contributed by atoms with Crippen LogP contribution in [0, 0.1) is 5.82 Å². The van der Waals surface area contributed by atoms with E-state index >= 15 is 0 Å². The van der Waals surface area contributed by atoms with Crippen molar-refractivity contribution >= 4 is 29.9 Å². The number of rotatable bonds is 3. The summed E-state index contributed by atoms with van der Waals surface area (Å²) in [6.45, 7) is 0.598. The van der Waals surface area contributed by atoms with E-state index in [4.69, 9.17) is 11.5 Å². The van der Waals surface area contributed by atoms with Crippen LogP contribution in [0.15, 0.2) is 29.3 Å². The van der Waals surface area contributed by atoms with Gasteiger partial charge in [-0.25, -0.2) is 4.39 Å². The molecule has 4 N–H and O–H groups in total. The SMILES string of the molecule is I.NC(N)=NCC1(c2ccc(F)cc2)CCC1. The van der Waals surface area contributed by atoms with Crippen molar-refractivity contribution in [2.45, 2.75) is 24.7 Å². The Bertz CT molecular complexity index is 395. The maximum Gasteiger partial charge on any atom is 0.185 e. The number of hydrogen-bond acceptors (Lipinski definition) is 1. The first-order chi connectivity index (χ1) is 7.62. The van der Waals surface area contributed by atoms with Crippen LogP contribution in [0.1, 0.15) is 24.8 Å². The Kier molecular flexibility index (Phi) is 4.73. The number of halogens is 2. The predicted molar refractivity (Wildman–Crippen MR) is 78.0 cm³/mol. The molecule has 0 saturated heterocycles. The van der Waals surface area contributed by atoms with E-state index in [-0.39, 0.29) is 41.2 Å². The smallest absolute Gasteiger partial charge is 0.185 e. The quantitative estimate of drug-likeness (QED) is 0.499. The minimum atomic E-state index is -0.208. The van der Waals surface area contributed by atoms with Gasteiger partial charge in [-0.05, 0) is 30.5 Å². The highest BCUT2D eigenvalue weighted by Gasteiger charge is 2.38. The first-order valence-electron chi connectivity index (χ1n) is 5.44. The van der Waals surface area contributed by atoms with Gasteiger partial charge < -0.3 is 11.5 Å². The number of guanidine groups is 1. The zero-order chi connectivity index (χ0) is 11.6. The molecule has 0 amide bonds. The summed E-state index contributed by atoms with van der Waals surface area (Å²) in [5.74, 6) is -0.0894. The molecule has 94 valence electrons. The lowest BCUT2D eigenvalue weighted by molar-refractivity contribution is 0.253. The summed E-state index contributed by atoms with van der Waals surface area (Å²) in [5.41, 5.74) is 11.9. The maximum absolute atomic E-state index is 12.8. The molecule has 5 heteroatoms. The van der Waals surface area contributed by atoms with E-state index in [0.717, 1.165) is 18.4 Å². The minimum absolute atomic E-state index is 0. The van der Waals surface area contributed by atoms with E-state index in [2.05, 4.69) is 4.99 Å². The van der Waals surface area contributed by atoms with Gasteiger partial charge in [0, 0.05) is 5.41 Å². The third kappa shape index (κ3) is 3.08. The number of benzene rings is 1. The van der Waals surface area contributed by atoms with Crippen LogP contribution in [-0.4, -0.2) is 12.5 Å². The van der Waals surface area contributed by atoms with Crippen molar-refractivity contribution in [3.8, 4) is 0 Å². The van der Waals surface area contributed by atoms with Gasteiger partial charge in [-0.15, -0.1) is 24.0 Å². The average molecular weight is 349 g/mol. The number of nitrogens with zero attached hydrogens (tertiary/aromatic N) is 1. The van der Waals surface area contributed by atoms with Gasteiger partial charge in [0.15, 0.2) is 5.96 Å². The summed E-state index contributed by atoms with van der Waals surface area (Å²) in [6, 6.07) is 6.64. The number of aliphatic imine (C=N–C) groups is 1. The van der Waals surface area contributed by atoms with Gasteiger partial charge in [0.1, 0.15) is 5.82 Å². The Morgan fingerprint density at radius 2 is 1.82 bits per heavy atom. The Labute approximate surface area is 117 Å². The fraction of sp³-hybridized carbons (Fsp3) is 0.417. The van der Waals surface area contributed by atoms with Gasteiger partial charge in [0.05, 0.1) is 6.54 Å². The van der Waals surface area contributed by atoms with Crippen LogP contribution in [0.4, 0.5) is 4.39 Å². The molecule has 3 nitrogen and oxygen atoms in total. The minimum Gasteiger partial charge on any atom is -0.370 e. The van der Waals surface area contributed by atoms with E-state index < -0.39 is 0 Å². The van der Waals surface area contributed by atoms with Crippen molar-refractivity contribution in [3.05, 3.63) is 35.6 Å². The van der Waals surface area contributed by atoms with E-state index in [0.29, 0.717) is 6.54 Å². The lowest BCUT2D eigenvalue weighted by Gasteiger charge is -2.41. The van der Waals surface area contributed by atoms with Gasteiger partial charge in [-0.2, -0.15) is 0 Å². The number of hydrogen-bond donors (Lipinski definition) is 2. The van der Waals surface area contributed by atoms with E-state index in [1.54, 1.807) is 0 Å². The molecule has 1 aromatic carbocycles. The molecule has 0 atom stereocenters. The van der Waals surface area contributed by atoms with Crippen LogP contribution in [0.25, 0.3) is 0 Å². The lowest BCUT2D eigenvalue weighted by Crippen LogP contribution is -2.38. The topological polar surface area (TPSA) is 64.4 Å². The van der Waals surface area contributed by atoms with Crippen molar-refractivity contribution in [2.24, 2.45) is 16.5 Å². The summed E-state index contributed by atoms with van der Waals surface area (Å²) >= 11 is 0. The molecule has 1 aliphatic rings. The van der Waals surface area contributed by atoms with E-state index in [9.17, 15) is 4.39 Å². The molecule has 1 saturated carbocycles. The summed E-state index contributed by atoms with van der Waals surface area (Å²) in [4.78, 5) is 4.10. The summed E-state index contributed by atoms with van der Waals surface area (Å²) < 4.78 is 12.8. The molecule has 0 spiro atoms. The van der Waals surface area contributed by atoms with Gasteiger partial charge in [-0.3, -0.25) is 4.99 Å². The zero-order valence-corrected chi connectivity index (χ0v) is 11.9. The van der Waals surface area contributed by atoms with Crippen molar-refractivity contribution in [1.29, 1.82) is 0 Å². The second kappa shape index (κ2) is 5.66. The highest BCUT2D eigenvalue weighted by molar-refractivity contribution is 14.0. The van der Waals surface area contributed by atoms with Crippen molar-refractivity contribution in [2.75, 3.05) is 6.54 Å². The molecule has 0 aliphatic heterocycles. The summed E-state index contributed by atoms with van der Waals surface area (Å²) in [6.07, 6.45) is 3.31. The van der Waals surface area contributed by atoms with Crippen molar-refractivity contribution < 1.29 is 4.39 Å². The second-order valence-corrected chi connectivity index (χ2v) is 4.38. The van der Waals surface area contributed by atoms with Crippen molar-refractivity contribution in [1.82, 2.24) is 0 Å². The first kappa shape index (κ1) is 14.2. The van der Waals surface area contributed by atoms with Crippen LogP contribution in [0.5, 0.6) is 0 Å². The van der Waals surface area contributed by atoms with Crippen LogP contribution in [-0.2, 0) is 5.41 Å². The highest BCUT2D eigenvalue weighted by atomic mass is 127. The monoisotopic (exact) mass is 349 g/mol. The predicted octanol–water partition coefficient (Wildman–Crippen LogP) is 2.14. The fourth-order valence-electron chi connectivity index (χ4n) is 2.19. The van der Waals surface area contributed by atoms with Crippen LogP contribution < -0.4 is 11.5 Å². The first-order valence-corrected chi connectivity index (χ1v) is 5.44. The largest absolute Gasteiger partial charge is 0.370 e. The second-order valence-electron chi connectivity index (χ2n) is 4.38. The molecule has 0 unspecified atom stereocenters. The van der Waals surface area contributed by atoms with Gasteiger partial charge in [0.2, 0.25) is 0 Å². The molecular weight excluding hydrogens is 332 g/mol. The van der Waals surface area contributed by atoms with Crippen LogP contribution >= 0.6 is 24.0 Å². The standard InChI is InChI=1S/C12H16FN3.HI/c13-10-4-2-9(3-5-10)12(6-1-7-12)8-16-11(14)15;/h2-5H,1,6-8H2,(H4,14,15,16);1H. The van der Waals surface area contributed by atoms with E-state index in [1.165, 1.54) is 18.6 Å². The van der Waals surface area contributed by atoms with Gasteiger partial charge >= 0.3 is 0 Å². The average Bonchev–Trinajstić information content (AvgIpc) is 2.18. The van der Waals surface area contributed by atoms with Crippen LogP contribution in [0.3, 0.4) is 0 Å². The summed E-state index contributed by atoms with van der Waals surface area (Å²) in [5, 5.41) is 0. The molecule has 17 heavy (non-hydrogen) atoms. The Morgan fingerprint density at radius 3 is 2.24 bits per heavy atom. The maximum atomic E-state index is 12.8. The Hall–Kier alpha value is -0.850. The normalized spacial score (nSPS) is 16.5. The third-order valence-corrected chi connectivity index (χ3v) is 3.33. The molecule has 2 rings (SSSR count). The van der Waals surface area contributed by atoms with Crippen LogP contribution in [0.2, 0.25) is 0 Å². The molecule has 0 radical (unpaired) electrons. The molecule has 0 heterocycles. The van der Waals surface area contributed by atoms with Gasteiger partial charge in [0.25, 0.3) is 0 Å². The van der Waals surface area contributed by atoms with E-state index in [1.807, 2.05) is 12.1 Å². The van der Waals surface area contributed by atoms with Crippen molar-refractivity contribution in [3.63, 3.8) is 0 Å². The molecular formula is C12H17FIN3. The Balaban J connectivity index is 0.00000144. The zero-order valence-electron chi connectivity index (χ0n) is 9.53. The van der Waals surface area contributed by atoms with Gasteiger partial charge in [-0.1, -0.05) is 18.6 Å². The molecule has 1 fully saturated rings. The highest BCUT2D eigenvalue weighted by Crippen LogP contribution is 2.43. The summed E-state index contributed by atoms with van der Waals surface area (Å²) in [7, 11) is 0. The fourth-order valence-corrected chi connectivity index (χ4v) is 2.19. The molecule has 1 aliphatic carbocycles. The Morgan fingerprint density at radius 1 is 1.24 bits per heavy atom. The molecule has 1 aromatic rings. The molecule has 0 aromatic heterocycles. The third-order valence-electron chi connectivity index (χ3n) is 3.33. The molecule has 0 bridgehead atoms. The number of nitrogens with two attached hydrogens (primary N) is 2.